The Bertz CT molecular complexity index is 593. The second-order valence-electron chi connectivity index (χ2n) is 3.72. The predicted molar refractivity (Wildman–Crippen MR) is 72.2 cm³/mol. The fraction of sp³-hybridized carbons (Fsp3) is 0.0714. The molecule has 0 amide bonds. The van der Waals surface area contributed by atoms with Gasteiger partial charge in [-0.25, -0.2) is 0 Å². The molecule has 0 radical (unpaired) electrons. The van der Waals surface area contributed by atoms with Gasteiger partial charge in [0.2, 0.25) is 0 Å². The van der Waals surface area contributed by atoms with Gasteiger partial charge in [0, 0.05) is 16.1 Å². The van der Waals surface area contributed by atoms with Gasteiger partial charge in [0.25, 0.3) is 0 Å². The number of aromatic hydroxyl groups is 1. The number of ether oxygens (including phenoxy) is 1. The van der Waals surface area contributed by atoms with E-state index in [0.29, 0.717) is 11.3 Å². The topological polar surface area (TPSA) is 46.5 Å². The molecule has 0 saturated heterocycles. The second kappa shape index (κ2) is 5.23. The molecule has 0 atom stereocenters. The zero-order valence-corrected chi connectivity index (χ0v) is 11.3. The van der Waals surface area contributed by atoms with E-state index >= 15 is 0 Å². The Morgan fingerprint density at radius 2 is 2.00 bits per heavy atom. The summed E-state index contributed by atoms with van der Waals surface area (Å²) in [7, 11) is 1.50. The summed E-state index contributed by atoms with van der Waals surface area (Å²) >= 11 is 3.31. The van der Waals surface area contributed by atoms with Gasteiger partial charge in [-0.05, 0) is 24.3 Å². The Morgan fingerprint density at radius 1 is 1.22 bits per heavy atom. The molecular weight excluding hydrogens is 296 g/mol. The quantitative estimate of drug-likeness (QED) is 0.884. The van der Waals surface area contributed by atoms with Crippen LogP contribution in [0.4, 0.5) is 0 Å². The third kappa shape index (κ3) is 2.54. The Morgan fingerprint density at radius 3 is 2.61 bits per heavy atom. The first-order valence-electron chi connectivity index (χ1n) is 5.29. The van der Waals surface area contributed by atoms with E-state index in [4.69, 9.17) is 4.74 Å². The number of methoxy groups -OCH3 is 1. The van der Waals surface area contributed by atoms with Crippen molar-refractivity contribution in [3.05, 3.63) is 58.1 Å². The second-order valence-corrected chi connectivity index (χ2v) is 4.64. The molecule has 2 aromatic rings. The molecule has 0 heterocycles. The van der Waals surface area contributed by atoms with Gasteiger partial charge in [-0.1, -0.05) is 28.1 Å². The highest BCUT2D eigenvalue weighted by Gasteiger charge is 2.14. The van der Waals surface area contributed by atoms with Crippen molar-refractivity contribution in [2.24, 2.45) is 0 Å². The maximum Gasteiger partial charge on any atom is 0.196 e. The van der Waals surface area contributed by atoms with Crippen LogP contribution in [0.5, 0.6) is 11.5 Å². The van der Waals surface area contributed by atoms with Gasteiger partial charge in [-0.15, -0.1) is 0 Å². The van der Waals surface area contributed by atoms with Gasteiger partial charge < -0.3 is 9.84 Å². The zero-order valence-electron chi connectivity index (χ0n) is 9.68. The molecule has 1 N–H and O–H groups in total. The van der Waals surface area contributed by atoms with Crippen molar-refractivity contribution in [1.82, 2.24) is 0 Å². The summed E-state index contributed by atoms with van der Waals surface area (Å²) in [6.45, 7) is 0. The van der Waals surface area contributed by atoms with E-state index in [2.05, 4.69) is 15.9 Å². The normalized spacial score (nSPS) is 10.1. The average molecular weight is 307 g/mol. The van der Waals surface area contributed by atoms with Gasteiger partial charge in [-0.2, -0.15) is 0 Å². The molecule has 92 valence electrons. The number of rotatable bonds is 3. The highest BCUT2D eigenvalue weighted by atomic mass is 79.9. The first kappa shape index (κ1) is 12.6. The van der Waals surface area contributed by atoms with Crippen LogP contribution in [0, 0.1) is 0 Å². The third-order valence-electron chi connectivity index (χ3n) is 2.54. The van der Waals surface area contributed by atoms with Crippen molar-refractivity contribution >= 4 is 21.7 Å². The van der Waals surface area contributed by atoms with Crippen LogP contribution < -0.4 is 4.74 Å². The van der Waals surface area contributed by atoms with Gasteiger partial charge in [0.05, 0.1) is 12.7 Å². The van der Waals surface area contributed by atoms with Gasteiger partial charge in [0.1, 0.15) is 11.5 Å². The Balaban J connectivity index is 2.40. The molecule has 0 aliphatic heterocycles. The minimum atomic E-state index is -0.226. The number of benzene rings is 2. The van der Waals surface area contributed by atoms with Gasteiger partial charge in [0.15, 0.2) is 5.78 Å². The van der Waals surface area contributed by atoms with Crippen molar-refractivity contribution in [2.75, 3.05) is 7.11 Å². The van der Waals surface area contributed by atoms with Crippen LogP contribution in [0.25, 0.3) is 0 Å². The molecule has 4 heteroatoms. The lowest BCUT2D eigenvalue weighted by Gasteiger charge is -2.06. The average Bonchev–Trinajstić information content (AvgIpc) is 2.37. The van der Waals surface area contributed by atoms with Crippen LogP contribution in [-0.4, -0.2) is 18.0 Å². The lowest BCUT2D eigenvalue weighted by molar-refractivity contribution is 0.103. The van der Waals surface area contributed by atoms with E-state index in [-0.39, 0.29) is 17.1 Å². The number of phenols is 1. The molecule has 0 saturated carbocycles. The van der Waals surface area contributed by atoms with E-state index < -0.39 is 0 Å². The zero-order chi connectivity index (χ0) is 13.1. The van der Waals surface area contributed by atoms with Crippen molar-refractivity contribution in [3.63, 3.8) is 0 Å². The number of halogens is 1. The van der Waals surface area contributed by atoms with Crippen LogP contribution in [0.3, 0.4) is 0 Å². The minimum absolute atomic E-state index is 0.0840. The number of hydrogen-bond acceptors (Lipinski definition) is 3. The third-order valence-corrected chi connectivity index (χ3v) is 3.03. The van der Waals surface area contributed by atoms with Crippen LogP contribution in [0.1, 0.15) is 15.9 Å². The van der Waals surface area contributed by atoms with Crippen LogP contribution in [0.2, 0.25) is 0 Å². The van der Waals surface area contributed by atoms with Crippen molar-refractivity contribution in [3.8, 4) is 11.5 Å². The largest absolute Gasteiger partial charge is 0.507 e. The first-order chi connectivity index (χ1) is 8.61. The number of carbonyl (C=O) groups excluding carboxylic acids is 1. The Labute approximate surface area is 113 Å². The maximum absolute atomic E-state index is 12.2. The summed E-state index contributed by atoms with van der Waals surface area (Å²) in [4.78, 5) is 12.2. The van der Waals surface area contributed by atoms with Crippen molar-refractivity contribution in [1.29, 1.82) is 0 Å². The number of ketones is 1. The minimum Gasteiger partial charge on any atom is -0.507 e. The highest BCUT2D eigenvalue weighted by molar-refractivity contribution is 9.10. The van der Waals surface area contributed by atoms with Crippen LogP contribution >= 0.6 is 15.9 Å². The maximum atomic E-state index is 12.2. The summed E-state index contributed by atoms with van der Waals surface area (Å²) in [5.41, 5.74) is 0.777. The molecule has 0 aliphatic rings. The highest BCUT2D eigenvalue weighted by Crippen LogP contribution is 2.26. The molecule has 0 aromatic heterocycles. The summed E-state index contributed by atoms with van der Waals surface area (Å²) < 4.78 is 5.80. The fourth-order valence-corrected chi connectivity index (χ4v) is 2.01. The molecule has 0 aliphatic carbocycles. The van der Waals surface area contributed by atoms with E-state index in [1.54, 1.807) is 30.3 Å². The molecule has 18 heavy (non-hydrogen) atoms. The molecule has 2 aromatic carbocycles. The summed E-state index contributed by atoms with van der Waals surface area (Å²) in [6, 6.07) is 11.7. The van der Waals surface area contributed by atoms with Crippen LogP contribution in [0.15, 0.2) is 46.9 Å². The summed E-state index contributed by atoms with van der Waals surface area (Å²) in [5, 5.41) is 9.81. The lowest BCUT2D eigenvalue weighted by atomic mass is 10.0. The fourth-order valence-electron chi connectivity index (χ4n) is 1.62. The molecule has 3 nitrogen and oxygen atoms in total. The SMILES string of the molecule is COc1ccc(C(=O)c2cccc(Br)c2)c(O)c1. The first-order valence-corrected chi connectivity index (χ1v) is 6.08. The monoisotopic (exact) mass is 306 g/mol. The van der Waals surface area contributed by atoms with Crippen LogP contribution in [-0.2, 0) is 0 Å². The van der Waals surface area contributed by atoms with Crippen molar-refractivity contribution in [2.45, 2.75) is 0 Å². The van der Waals surface area contributed by atoms with E-state index in [9.17, 15) is 9.90 Å². The molecule has 2 rings (SSSR count). The lowest BCUT2D eigenvalue weighted by Crippen LogP contribution is -2.01. The predicted octanol–water partition coefficient (Wildman–Crippen LogP) is 3.39. The number of hydrogen-bond donors (Lipinski definition) is 1. The molecule has 0 spiro atoms. The molecule has 0 bridgehead atoms. The standard InChI is InChI=1S/C14H11BrO3/c1-18-11-5-6-12(13(16)8-11)14(17)9-3-2-4-10(15)7-9/h2-8,16H,1H3. The number of phenolic OH excluding ortho intramolecular Hbond substituents is 1. The summed E-state index contributed by atoms with van der Waals surface area (Å²) in [5.74, 6) is 0.203. The van der Waals surface area contributed by atoms with Gasteiger partial charge in [-0.3, -0.25) is 4.79 Å². The van der Waals surface area contributed by atoms with Crippen molar-refractivity contribution < 1.29 is 14.6 Å². The Kier molecular flexibility index (Phi) is 3.67. The van der Waals surface area contributed by atoms with Gasteiger partial charge >= 0.3 is 0 Å². The molecule has 0 fully saturated rings. The van der Waals surface area contributed by atoms with E-state index in [1.807, 2.05) is 6.07 Å². The van der Waals surface area contributed by atoms with E-state index in [1.165, 1.54) is 13.2 Å². The summed E-state index contributed by atoms with van der Waals surface area (Å²) in [6.07, 6.45) is 0. The smallest absolute Gasteiger partial charge is 0.196 e. The van der Waals surface area contributed by atoms with E-state index in [0.717, 1.165) is 4.47 Å². The molecule has 0 unspecified atom stereocenters. The number of carbonyl (C=O) groups is 1. The Hall–Kier alpha value is -1.81. The molecular formula is C14H11BrO3.